The molecule has 1 unspecified atom stereocenters. The minimum absolute atomic E-state index is 0.0888. The largest absolute Gasteiger partial charge is 0.507 e. The number of aliphatic hydroxyl groups is 1. The van der Waals surface area contributed by atoms with Gasteiger partial charge >= 0.3 is 5.91 Å². The van der Waals surface area contributed by atoms with Crippen LogP contribution < -0.4 is 14.4 Å². The number of hydrogen-bond donors (Lipinski definition) is 2. The maximum atomic E-state index is 13.6. The number of Topliss-reactive ketones (excluding diaryl/α,β-unsaturated/α-hetero) is 1. The summed E-state index contributed by atoms with van der Waals surface area (Å²) in [5.74, 6) is -1.40. The minimum Gasteiger partial charge on any atom is -0.507 e. The molecule has 0 spiro atoms. The average Bonchev–Trinajstić information content (AvgIpc) is 3.47. The van der Waals surface area contributed by atoms with Crippen LogP contribution >= 0.6 is 22.9 Å². The third-order valence-corrected chi connectivity index (χ3v) is 7.72. The van der Waals surface area contributed by atoms with Gasteiger partial charge < -0.3 is 19.7 Å². The first kappa shape index (κ1) is 27.5. The first-order chi connectivity index (χ1) is 19.3. The van der Waals surface area contributed by atoms with Crippen molar-refractivity contribution >= 4 is 55.7 Å². The van der Waals surface area contributed by atoms with Gasteiger partial charge in [-0.2, -0.15) is 0 Å². The first-order valence-corrected chi connectivity index (χ1v) is 14.1. The van der Waals surface area contributed by atoms with Gasteiger partial charge in [0.15, 0.2) is 16.6 Å². The van der Waals surface area contributed by atoms with E-state index in [0.717, 1.165) is 17.5 Å². The van der Waals surface area contributed by atoms with Crippen molar-refractivity contribution in [3.05, 3.63) is 82.4 Å². The van der Waals surface area contributed by atoms with Crippen molar-refractivity contribution in [3.63, 3.8) is 0 Å². The number of rotatable bonds is 9. The van der Waals surface area contributed by atoms with Gasteiger partial charge in [0.25, 0.3) is 5.78 Å². The molecule has 0 bridgehead atoms. The van der Waals surface area contributed by atoms with Crippen LogP contribution in [-0.4, -0.2) is 40.1 Å². The van der Waals surface area contributed by atoms with Crippen LogP contribution in [0.4, 0.5) is 5.13 Å². The number of halogens is 1. The summed E-state index contributed by atoms with van der Waals surface area (Å²) in [6, 6.07) is 15.5. The number of thiazole rings is 1. The van der Waals surface area contributed by atoms with E-state index < -0.39 is 17.7 Å². The van der Waals surface area contributed by atoms with Gasteiger partial charge in [0, 0.05) is 10.6 Å². The Bertz CT molecular complexity index is 1630. The van der Waals surface area contributed by atoms with E-state index in [1.807, 2.05) is 0 Å². The third-order valence-electron chi connectivity index (χ3n) is 6.46. The number of fused-ring (bicyclic) bond motifs is 1. The molecule has 1 saturated heterocycles. The molecule has 4 aromatic rings. The first-order valence-electron chi connectivity index (χ1n) is 12.9. The monoisotopic (exact) mass is 578 g/mol. The number of phenols is 1. The SMILES string of the molecule is CCCCOc1cccc(C(O)=C2C(=O)C(=O)N(c3nc4ccc(Cl)cc4s3)C2c2ccc(O)c(OCC)c2)c1. The summed E-state index contributed by atoms with van der Waals surface area (Å²) >= 11 is 7.37. The molecular formula is C30H27ClN2O6S. The Morgan fingerprint density at radius 1 is 1.07 bits per heavy atom. The molecule has 1 aliphatic rings. The fourth-order valence-corrected chi connectivity index (χ4v) is 5.80. The lowest BCUT2D eigenvalue weighted by Crippen LogP contribution is -2.29. The quantitative estimate of drug-likeness (QED) is 0.0966. The molecule has 40 heavy (non-hydrogen) atoms. The molecule has 8 nitrogen and oxygen atoms in total. The van der Waals surface area contributed by atoms with E-state index in [0.29, 0.717) is 40.6 Å². The molecule has 2 heterocycles. The summed E-state index contributed by atoms with van der Waals surface area (Å²) in [7, 11) is 0. The molecule has 1 atom stereocenters. The zero-order valence-electron chi connectivity index (χ0n) is 21.9. The Morgan fingerprint density at radius 2 is 1.90 bits per heavy atom. The molecule has 5 rings (SSSR count). The normalized spacial score (nSPS) is 16.6. The number of phenolic OH excluding ortho intramolecular Hbond substituents is 1. The maximum Gasteiger partial charge on any atom is 0.301 e. The number of nitrogens with zero attached hydrogens (tertiary/aromatic N) is 2. The number of aromatic nitrogens is 1. The van der Waals surface area contributed by atoms with Crippen molar-refractivity contribution in [1.82, 2.24) is 4.98 Å². The van der Waals surface area contributed by atoms with Gasteiger partial charge in [0.1, 0.15) is 11.5 Å². The standard InChI is InChI=1S/C30H27ClN2O6S/c1-3-5-13-39-20-8-6-7-18(14-20)27(35)25-26(17-9-12-22(34)23(15-17)38-4-2)33(29(37)28(25)36)30-32-21-11-10-19(31)16-24(21)40-30/h6-12,14-16,26,34-35H,3-5,13H2,1-2H3. The molecule has 2 N–H and O–H groups in total. The summed E-state index contributed by atoms with van der Waals surface area (Å²) in [5, 5.41) is 22.6. The lowest BCUT2D eigenvalue weighted by atomic mass is 9.95. The summed E-state index contributed by atoms with van der Waals surface area (Å²) in [6.45, 7) is 4.64. The van der Waals surface area contributed by atoms with Crippen LogP contribution in [0.15, 0.2) is 66.2 Å². The molecular weight excluding hydrogens is 552 g/mol. The van der Waals surface area contributed by atoms with E-state index in [-0.39, 0.29) is 28.0 Å². The molecule has 1 aromatic heterocycles. The minimum atomic E-state index is -1.04. The fraction of sp³-hybridized carbons (Fsp3) is 0.233. The number of carbonyl (C=O) groups excluding carboxylic acids is 2. The number of unbranched alkanes of at least 4 members (excludes halogenated alkanes) is 1. The fourth-order valence-electron chi connectivity index (χ4n) is 4.53. The number of benzene rings is 3. The van der Waals surface area contributed by atoms with Crippen LogP contribution in [0.3, 0.4) is 0 Å². The number of ketones is 1. The topological polar surface area (TPSA) is 109 Å². The smallest absolute Gasteiger partial charge is 0.301 e. The van der Waals surface area contributed by atoms with E-state index in [9.17, 15) is 19.8 Å². The van der Waals surface area contributed by atoms with Crippen molar-refractivity contribution in [2.45, 2.75) is 32.7 Å². The Morgan fingerprint density at radius 3 is 2.67 bits per heavy atom. The highest BCUT2D eigenvalue weighted by Crippen LogP contribution is 2.46. The molecule has 1 fully saturated rings. The molecule has 1 amide bonds. The summed E-state index contributed by atoms with van der Waals surface area (Å²) in [4.78, 5) is 33.0. The number of carbonyl (C=O) groups is 2. The zero-order chi connectivity index (χ0) is 28.4. The van der Waals surface area contributed by atoms with Crippen LogP contribution in [-0.2, 0) is 9.59 Å². The second-order valence-corrected chi connectivity index (χ2v) is 10.6. The van der Waals surface area contributed by atoms with Crippen molar-refractivity contribution in [1.29, 1.82) is 0 Å². The summed E-state index contributed by atoms with van der Waals surface area (Å²) in [6.07, 6.45) is 1.84. The van der Waals surface area contributed by atoms with Gasteiger partial charge in [-0.15, -0.1) is 0 Å². The molecule has 0 radical (unpaired) electrons. The highest BCUT2D eigenvalue weighted by Gasteiger charge is 2.48. The van der Waals surface area contributed by atoms with Gasteiger partial charge in [-0.3, -0.25) is 14.5 Å². The van der Waals surface area contributed by atoms with Crippen molar-refractivity contribution in [2.24, 2.45) is 0 Å². The van der Waals surface area contributed by atoms with Crippen molar-refractivity contribution in [2.75, 3.05) is 18.1 Å². The number of amides is 1. The Kier molecular flexibility index (Phi) is 7.95. The highest BCUT2D eigenvalue weighted by atomic mass is 35.5. The van der Waals surface area contributed by atoms with Crippen LogP contribution in [0.2, 0.25) is 5.02 Å². The number of ether oxygens (including phenoxy) is 2. The van der Waals surface area contributed by atoms with Crippen LogP contribution in [0, 0.1) is 0 Å². The molecule has 3 aromatic carbocycles. The lowest BCUT2D eigenvalue weighted by molar-refractivity contribution is -0.132. The van der Waals surface area contributed by atoms with Crippen LogP contribution in [0.1, 0.15) is 43.9 Å². The zero-order valence-corrected chi connectivity index (χ0v) is 23.5. The van der Waals surface area contributed by atoms with Gasteiger partial charge in [-0.1, -0.05) is 54.5 Å². The molecule has 0 aliphatic carbocycles. The van der Waals surface area contributed by atoms with Crippen LogP contribution in [0.25, 0.3) is 16.0 Å². The number of aliphatic hydroxyl groups excluding tert-OH is 1. The predicted octanol–water partition coefficient (Wildman–Crippen LogP) is 6.86. The molecule has 1 aliphatic heterocycles. The maximum absolute atomic E-state index is 13.6. The second-order valence-electron chi connectivity index (χ2n) is 9.17. The second kappa shape index (κ2) is 11.6. The van der Waals surface area contributed by atoms with E-state index in [4.69, 9.17) is 21.1 Å². The van der Waals surface area contributed by atoms with Gasteiger partial charge in [0.05, 0.1) is 35.0 Å². The van der Waals surface area contributed by atoms with Crippen LogP contribution in [0.5, 0.6) is 17.2 Å². The lowest BCUT2D eigenvalue weighted by Gasteiger charge is -2.23. The van der Waals surface area contributed by atoms with E-state index in [2.05, 4.69) is 11.9 Å². The summed E-state index contributed by atoms with van der Waals surface area (Å²) < 4.78 is 12.1. The Balaban J connectivity index is 1.68. The van der Waals surface area contributed by atoms with Gasteiger partial charge in [0.2, 0.25) is 0 Å². The Hall–Kier alpha value is -4.08. The molecule has 0 saturated carbocycles. The average molecular weight is 579 g/mol. The summed E-state index contributed by atoms with van der Waals surface area (Å²) in [5.41, 5.74) is 1.29. The van der Waals surface area contributed by atoms with E-state index >= 15 is 0 Å². The third kappa shape index (κ3) is 5.22. The molecule has 206 valence electrons. The van der Waals surface area contributed by atoms with Gasteiger partial charge in [-0.25, -0.2) is 4.98 Å². The highest BCUT2D eigenvalue weighted by molar-refractivity contribution is 7.22. The van der Waals surface area contributed by atoms with E-state index in [1.165, 1.54) is 22.3 Å². The number of aromatic hydroxyl groups is 1. The van der Waals surface area contributed by atoms with Gasteiger partial charge in [-0.05, 0) is 61.4 Å². The Labute approximate surface area is 240 Å². The number of hydrogen-bond acceptors (Lipinski definition) is 8. The van der Waals surface area contributed by atoms with Crippen molar-refractivity contribution < 1.29 is 29.3 Å². The van der Waals surface area contributed by atoms with E-state index in [1.54, 1.807) is 61.5 Å². The molecule has 10 heteroatoms. The predicted molar refractivity (Wildman–Crippen MR) is 156 cm³/mol. The van der Waals surface area contributed by atoms with Crippen molar-refractivity contribution in [3.8, 4) is 17.2 Å². The number of anilines is 1.